The molecule has 1 aliphatic carbocycles. The molecule has 190 valence electrons. The van der Waals surface area contributed by atoms with E-state index in [0.29, 0.717) is 6.42 Å². The first-order chi connectivity index (χ1) is 15.9. The Morgan fingerprint density at radius 1 is 1.06 bits per heavy atom. The SMILES string of the molecule is CCC(=O)OC(C)(C)CNC(=O)CCC(=O)NC1CCC(Cc2ccc(C)cc2)(N(C)C)CC1. The van der Waals surface area contributed by atoms with Gasteiger partial charge in [0, 0.05) is 30.8 Å². The summed E-state index contributed by atoms with van der Waals surface area (Å²) in [6.45, 7) is 7.56. The van der Waals surface area contributed by atoms with Crippen LogP contribution in [0, 0.1) is 6.92 Å². The molecule has 1 aromatic rings. The lowest BCUT2D eigenvalue weighted by Crippen LogP contribution is -2.52. The van der Waals surface area contributed by atoms with Crippen molar-refractivity contribution < 1.29 is 19.1 Å². The maximum absolute atomic E-state index is 12.4. The van der Waals surface area contributed by atoms with Gasteiger partial charge in [0.05, 0.1) is 6.54 Å². The van der Waals surface area contributed by atoms with E-state index in [9.17, 15) is 14.4 Å². The summed E-state index contributed by atoms with van der Waals surface area (Å²) >= 11 is 0. The number of likely N-dealkylation sites (N-methyl/N-ethyl adjacent to an activating group) is 1. The molecule has 0 atom stereocenters. The monoisotopic (exact) mass is 473 g/mol. The van der Waals surface area contributed by atoms with E-state index in [-0.39, 0.29) is 48.8 Å². The number of esters is 1. The van der Waals surface area contributed by atoms with Gasteiger partial charge >= 0.3 is 5.97 Å². The maximum Gasteiger partial charge on any atom is 0.306 e. The van der Waals surface area contributed by atoms with Gasteiger partial charge in [0.1, 0.15) is 5.60 Å². The summed E-state index contributed by atoms with van der Waals surface area (Å²) in [5, 5.41) is 5.88. The smallest absolute Gasteiger partial charge is 0.306 e. The van der Waals surface area contributed by atoms with Gasteiger partial charge in [-0.2, -0.15) is 0 Å². The Morgan fingerprint density at radius 3 is 2.21 bits per heavy atom. The normalized spacial score (nSPS) is 20.6. The van der Waals surface area contributed by atoms with E-state index < -0.39 is 5.60 Å². The predicted molar refractivity (Wildman–Crippen MR) is 134 cm³/mol. The number of nitrogens with one attached hydrogen (secondary N) is 2. The molecule has 0 heterocycles. The number of benzene rings is 1. The minimum atomic E-state index is -0.773. The Kier molecular flexibility index (Phi) is 10.1. The first kappa shape index (κ1) is 27.8. The standard InChI is InChI=1S/C27H43N3O4/c1-7-25(33)34-26(3,4)19-28-23(31)12-13-24(32)29-22-14-16-27(17-15-22,30(5)6)18-21-10-8-20(2)9-11-21/h8-11,22H,7,12-19H2,1-6H3,(H,28,31)(H,29,32). The molecule has 7 nitrogen and oxygen atoms in total. The van der Waals surface area contributed by atoms with Crippen LogP contribution in [0.15, 0.2) is 24.3 Å². The van der Waals surface area contributed by atoms with Gasteiger partial charge in [-0.1, -0.05) is 36.8 Å². The molecule has 0 aliphatic heterocycles. The Bertz CT molecular complexity index is 825. The molecule has 1 aliphatic rings. The van der Waals surface area contributed by atoms with Crippen molar-refractivity contribution in [3.63, 3.8) is 0 Å². The molecule has 1 saturated carbocycles. The van der Waals surface area contributed by atoms with E-state index in [1.807, 2.05) is 0 Å². The Hall–Kier alpha value is -2.41. The van der Waals surface area contributed by atoms with Gasteiger partial charge in [0.15, 0.2) is 0 Å². The van der Waals surface area contributed by atoms with E-state index in [1.54, 1.807) is 20.8 Å². The van der Waals surface area contributed by atoms with Crippen molar-refractivity contribution in [2.75, 3.05) is 20.6 Å². The number of nitrogens with zero attached hydrogens (tertiary/aromatic N) is 1. The molecule has 2 rings (SSSR count). The van der Waals surface area contributed by atoms with Crippen molar-refractivity contribution in [2.45, 2.75) is 96.2 Å². The van der Waals surface area contributed by atoms with E-state index in [2.05, 4.69) is 60.8 Å². The van der Waals surface area contributed by atoms with Crippen molar-refractivity contribution in [1.29, 1.82) is 0 Å². The molecule has 0 radical (unpaired) electrons. The van der Waals surface area contributed by atoms with Gasteiger partial charge in [0.2, 0.25) is 11.8 Å². The minimum absolute atomic E-state index is 0.0901. The van der Waals surface area contributed by atoms with Gasteiger partial charge < -0.3 is 20.3 Å². The van der Waals surface area contributed by atoms with E-state index in [1.165, 1.54) is 11.1 Å². The Labute approximate surface area is 205 Å². The van der Waals surface area contributed by atoms with Crippen LogP contribution in [0.25, 0.3) is 0 Å². The van der Waals surface area contributed by atoms with Crippen LogP contribution in [-0.4, -0.2) is 60.5 Å². The molecule has 2 N–H and O–H groups in total. The lowest BCUT2D eigenvalue weighted by molar-refractivity contribution is -0.156. The van der Waals surface area contributed by atoms with Crippen LogP contribution in [-0.2, 0) is 25.5 Å². The van der Waals surface area contributed by atoms with Crippen molar-refractivity contribution in [3.8, 4) is 0 Å². The molecule has 0 saturated heterocycles. The van der Waals surface area contributed by atoms with E-state index in [4.69, 9.17) is 4.74 Å². The highest BCUT2D eigenvalue weighted by Crippen LogP contribution is 2.35. The fourth-order valence-corrected chi connectivity index (χ4v) is 4.51. The molecule has 1 aromatic carbocycles. The van der Waals surface area contributed by atoms with E-state index >= 15 is 0 Å². The molecule has 2 amide bonds. The molecule has 0 unspecified atom stereocenters. The molecule has 7 heteroatoms. The second-order valence-corrected chi connectivity index (χ2v) is 10.5. The highest BCUT2D eigenvalue weighted by atomic mass is 16.6. The van der Waals surface area contributed by atoms with Crippen LogP contribution in [0.5, 0.6) is 0 Å². The zero-order chi connectivity index (χ0) is 25.4. The lowest BCUT2D eigenvalue weighted by atomic mass is 9.74. The summed E-state index contributed by atoms with van der Waals surface area (Å²) in [5.41, 5.74) is 1.95. The summed E-state index contributed by atoms with van der Waals surface area (Å²) < 4.78 is 5.30. The molecule has 0 aromatic heterocycles. The van der Waals surface area contributed by atoms with Crippen molar-refractivity contribution >= 4 is 17.8 Å². The largest absolute Gasteiger partial charge is 0.458 e. The summed E-state index contributed by atoms with van der Waals surface area (Å²) in [4.78, 5) is 38.4. The third-order valence-electron chi connectivity index (χ3n) is 6.85. The van der Waals surface area contributed by atoms with Crippen molar-refractivity contribution in [3.05, 3.63) is 35.4 Å². The number of aryl methyl sites for hydroxylation is 1. The van der Waals surface area contributed by atoms with Gasteiger partial charge in [-0.15, -0.1) is 0 Å². The average molecular weight is 474 g/mol. The Balaban J connectivity index is 1.75. The predicted octanol–water partition coefficient (Wildman–Crippen LogP) is 3.52. The minimum Gasteiger partial charge on any atom is -0.458 e. The highest BCUT2D eigenvalue weighted by molar-refractivity contribution is 5.83. The van der Waals surface area contributed by atoms with Crippen LogP contribution in [0.3, 0.4) is 0 Å². The number of carbonyl (C=O) groups excluding carboxylic acids is 3. The third-order valence-corrected chi connectivity index (χ3v) is 6.85. The van der Waals surface area contributed by atoms with Gasteiger partial charge in [-0.3, -0.25) is 14.4 Å². The molecule has 34 heavy (non-hydrogen) atoms. The van der Waals surface area contributed by atoms with Gasteiger partial charge in [0.25, 0.3) is 0 Å². The number of amides is 2. The number of hydrogen-bond donors (Lipinski definition) is 2. The molecule has 0 bridgehead atoms. The maximum atomic E-state index is 12.4. The second-order valence-electron chi connectivity index (χ2n) is 10.5. The summed E-state index contributed by atoms with van der Waals surface area (Å²) in [5.74, 6) is -0.611. The van der Waals surface area contributed by atoms with Crippen molar-refractivity contribution in [1.82, 2.24) is 15.5 Å². The number of carbonyl (C=O) groups is 3. The van der Waals surface area contributed by atoms with Gasteiger partial charge in [-0.05, 0) is 72.5 Å². The first-order valence-electron chi connectivity index (χ1n) is 12.5. The lowest BCUT2D eigenvalue weighted by Gasteiger charge is -2.45. The topological polar surface area (TPSA) is 87.7 Å². The van der Waals surface area contributed by atoms with Crippen LogP contribution in [0.2, 0.25) is 0 Å². The van der Waals surface area contributed by atoms with Crippen molar-refractivity contribution in [2.24, 2.45) is 0 Å². The number of rotatable bonds is 11. The zero-order valence-corrected chi connectivity index (χ0v) is 21.8. The van der Waals surface area contributed by atoms with E-state index in [0.717, 1.165) is 32.1 Å². The van der Waals surface area contributed by atoms with Crippen LogP contribution in [0.1, 0.15) is 76.8 Å². The third kappa shape index (κ3) is 8.75. The summed E-state index contributed by atoms with van der Waals surface area (Å²) in [7, 11) is 4.30. The number of ether oxygens (including phenoxy) is 1. The van der Waals surface area contributed by atoms with Crippen LogP contribution in [0.4, 0.5) is 0 Å². The summed E-state index contributed by atoms with van der Waals surface area (Å²) in [6, 6.07) is 8.91. The first-order valence-corrected chi connectivity index (χ1v) is 12.5. The fraction of sp³-hybridized carbons (Fsp3) is 0.667. The quantitative estimate of drug-likeness (QED) is 0.480. The summed E-state index contributed by atoms with van der Waals surface area (Å²) in [6.07, 6.45) is 5.46. The van der Waals surface area contributed by atoms with Crippen LogP contribution < -0.4 is 10.6 Å². The fourth-order valence-electron chi connectivity index (χ4n) is 4.51. The molecular formula is C27H43N3O4. The highest BCUT2D eigenvalue weighted by Gasteiger charge is 2.37. The average Bonchev–Trinajstić information content (AvgIpc) is 2.79. The second kappa shape index (κ2) is 12.3. The Morgan fingerprint density at radius 2 is 1.65 bits per heavy atom. The van der Waals surface area contributed by atoms with Gasteiger partial charge in [-0.25, -0.2) is 0 Å². The van der Waals surface area contributed by atoms with Crippen LogP contribution >= 0.6 is 0 Å². The molecule has 1 fully saturated rings. The number of hydrogen-bond acceptors (Lipinski definition) is 5. The molecule has 0 spiro atoms. The molecular weight excluding hydrogens is 430 g/mol. The zero-order valence-electron chi connectivity index (χ0n) is 21.8.